The minimum atomic E-state index is -0.337. The summed E-state index contributed by atoms with van der Waals surface area (Å²) < 4.78 is 0. The third kappa shape index (κ3) is 4.31. The summed E-state index contributed by atoms with van der Waals surface area (Å²) in [6.07, 6.45) is 0.694. The summed E-state index contributed by atoms with van der Waals surface area (Å²) in [7, 11) is 0. The Hall–Kier alpha value is -3.32. The van der Waals surface area contributed by atoms with Crippen molar-refractivity contribution in [3.63, 3.8) is 0 Å². The van der Waals surface area contributed by atoms with Gasteiger partial charge < -0.3 is 0 Å². The fraction of sp³-hybridized carbons (Fsp3) is 0.217. The second-order valence-corrected chi connectivity index (χ2v) is 8.38. The number of amides is 3. The molecule has 3 aromatic rings. The van der Waals surface area contributed by atoms with Crippen LogP contribution in [0.3, 0.4) is 0 Å². The summed E-state index contributed by atoms with van der Waals surface area (Å²) in [4.78, 5) is 40.1. The molecular weight excluding hydrogens is 398 g/mol. The highest BCUT2D eigenvalue weighted by Crippen LogP contribution is 2.28. The van der Waals surface area contributed by atoms with Gasteiger partial charge in [0.1, 0.15) is 0 Å². The van der Waals surface area contributed by atoms with Crippen molar-refractivity contribution in [3.05, 3.63) is 70.1 Å². The average molecular weight is 420 g/mol. The van der Waals surface area contributed by atoms with E-state index in [4.69, 9.17) is 0 Å². The molecule has 1 saturated heterocycles. The number of carbonyl (C=O) groups excluding carboxylic acids is 3. The molecule has 1 unspecified atom stereocenters. The van der Waals surface area contributed by atoms with Crippen LogP contribution in [0.15, 0.2) is 47.8 Å². The number of benzene rings is 2. The number of aromatic nitrogens is 1. The fourth-order valence-electron chi connectivity index (χ4n) is 3.57. The highest BCUT2D eigenvalue weighted by molar-refractivity contribution is 7.14. The molecule has 0 bridgehead atoms. The van der Waals surface area contributed by atoms with E-state index in [1.165, 1.54) is 16.9 Å². The van der Waals surface area contributed by atoms with Crippen LogP contribution in [-0.2, 0) is 16.0 Å². The van der Waals surface area contributed by atoms with Crippen molar-refractivity contribution in [1.82, 2.24) is 10.3 Å². The van der Waals surface area contributed by atoms with E-state index in [-0.39, 0.29) is 30.1 Å². The van der Waals surface area contributed by atoms with Crippen LogP contribution in [0, 0.1) is 19.8 Å². The van der Waals surface area contributed by atoms with Crippen LogP contribution in [0.5, 0.6) is 0 Å². The predicted molar refractivity (Wildman–Crippen MR) is 116 cm³/mol. The zero-order valence-corrected chi connectivity index (χ0v) is 17.5. The molecule has 0 radical (unpaired) electrons. The number of thiazole rings is 1. The van der Waals surface area contributed by atoms with E-state index in [9.17, 15) is 14.4 Å². The molecule has 1 fully saturated rings. The van der Waals surface area contributed by atoms with Crippen LogP contribution in [0.1, 0.15) is 33.5 Å². The van der Waals surface area contributed by atoms with E-state index in [0.29, 0.717) is 17.1 Å². The molecule has 2 N–H and O–H groups in total. The standard InChI is InChI=1S/C23H21N3O3S/c1-13-3-8-18(14(2)9-13)19-12-30-23(24-19)26-21(28)16-6-4-15(5-7-16)10-17-11-20(27)25-22(17)29/h3-9,12,17H,10-11H2,1-2H3,(H,24,26,28)(H,25,27,29). The van der Waals surface area contributed by atoms with Crippen molar-refractivity contribution in [3.8, 4) is 11.3 Å². The van der Waals surface area contributed by atoms with Crippen LogP contribution >= 0.6 is 11.3 Å². The zero-order chi connectivity index (χ0) is 21.3. The summed E-state index contributed by atoms with van der Waals surface area (Å²) in [5.41, 5.74) is 5.65. The number of aryl methyl sites for hydroxylation is 2. The number of anilines is 1. The smallest absolute Gasteiger partial charge is 0.257 e. The molecular formula is C23H21N3O3S. The number of nitrogens with one attached hydrogen (secondary N) is 2. The summed E-state index contributed by atoms with van der Waals surface area (Å²) in [6.45, 7) is 4.10. The number of hydrogen-bond acceptors (Lipinski definition) is 5. The van der Waals surface area contributed by atoms with Crippen molar-refractivity contribution >= 4 is 34.2 Å². The molecule has 2 heterocycles. The first-order valence-electron chi connectivity index (χ1n) is 9.66. The molecule has 1 aromatic heterocycles. The molecule has 4 rings (SSSR count). The molecule has 3 amide bonds. The number of nitrogens with zero attached hydrogens (tertiary/aromatic N) is 1. The SMILES string of the molecule is Cc1ccc(-c2csc(NC(=O)c3ccc(CC4CC(=O)NC4=O)cc3)n2)c(C)c1. The van der Waals surface area contributed by atoms with Crippen LogP contribution in [0.2, 0.25) is 0 Å². The van der Waals surface area contributed by atoms with Crippen LogP contribution in [0.4, 0.5) is 5.13 Å². The van der Waals surface area contributed by atoms with Gasteiger partial charge in [0.25, 0.3) is 5.91 Å². The lowest BCUT2D eigenvalue weighted by molar-refractivity contribution is -0.125. The first kappa shape index (κ1) is 20.0. The van der Waals surface area contributed by atoms with Crippen LogP contribution in [0.25, 0.3) is 11.3 Å². The Morgan fingerprint density at radius 1 is 1.17 bits per heavy atom. The van der Waals surface area contributed by atoms with E-state index in [1.54, 1.807) is 12.1 Å². The van der Waals surface area contributed by atoms with Crippen molar-refractivity contribution < 1.29 is 14.4 Å². The number of carbonyl (C=O) groups is 3. The third-order valence-corrected chi connectivity index (χ3v) is 5.90. The van der Waals surface area contributed by atoms with Crippen molar-refractivity contribution in [2.24, 2.45) is 5.92 Å². The van der Waals surface area contributed by atoms with E-state index < -0.39 is 0 Å². The maximum atomic E-state index is 12.6. The van der Waals surface area contributed by atoms with E-state index >= 15 is 0 Å². The Morgan fingerprint density at radius 2 is 1.93 bits per heavy atom. The molecule has 30 heavy (non-hydrogen) atoms. The number of imide groups is 1. The lowest BCUT2D eigenvalue weighted by atomic mass is 9.97. The summed E-state index contributed by atoms with van der Waals surface area (Å²) in [5, 5.41) is 7.64. The van der Waals surface area contributed by atoms with Gasteiger partial charge in [0.15, 0.2) is 5.13 Å². The highest BCUT2D eigenvalue weighted by Gasteiger charge is 2.30. The molecule has 7 heteroatoms. The minimum absolute atomic E-state index is 0.216. The van der Waals surface area contributed by atoms with Crippen molar-refractivity contribution in [1.29, 1.82) is 0 Å². The summed E-state index contributed by atoms with van der Waals surface area (Å²) in [5.74, 6) is -1.04. The molecule has 152 valence electrons. The Morgan fingerprint density at radius 3 is 2.60 bits per heavy atom. The minimum Gasteiger partial charge on any atom is -0.298 e. The number of rotatable bonds is 5. The largest absolute Gasteiger partial charge is 0.298 e. The monoisotopic (exact) mass is 419 g/mol. The Balaban J connectivity index is 1.41. The Labute approximate surface area is 178 Å². The van der Waals surface area contributed by atoms with Gasteiger partial charge in [-0.25, -0.2) is 4.98 Å². The first-order chi connectivity index (χ1) is 14.4. The molecule has 0 aliphatic carbocycles. The lowest BCUT2D eigenvalue weighted by Gasteiger charge is -2.07. The summed E-state index contributed by atoms with van der Waals surface area (Å²) >= 11 is 1.39. The van der Waals surface area contributed by atoms with Gasteiger partial charge in [0.2, 0.25) is 11.8 Å². The molecule has 2 aromatic carbocycles. The van der Waals surface area contributed by atoms with Gasteiger partial charge in [-0.05, 0) is 43.5 Å². The quantitative estimate of drug-likeness (QED) is 0.614. The second kappa shape index (κ2) is 8.20. The molecule has 1 aliphatic rings. The van der Waals surface area contributed by atoms with E-state index in [0.717, 1.165) is 22.4 Å². The second-order valence-electron chi connectivity index (χ2n) is 7.52. The zero-order valence-electron chi connectivity index (χ0n) is 16.7. The van der Waals surface area contributed by atoms with Crippen LogP contribution < -0.4 is 10.6 Å². The van der Waals surface area contributed by atoms with Gasteiger partial charge >= 0.3 is 0 Å². The van der Waals surface area contributed by atoms with E-state index in [2.05, 4.69) is 28.6 Å². The predicted octanol–water partition coefficient (Wildman–Crippen LogP) is 3.88. The molecule has 1 aliphatic heterocycles. The van der Waals surface area contributed by atoms with Crippen molar-refractivity contribution in [2.75, 3.05) is 5.32 Å². The van der Waals surface area contributed by atoms with Gasteiger partial charge in [-0.3, -0.25) is 25.0 Å². The van der Waals surface area contributed by atoms with Crippen LogP contribution in [-0.4, -0.2) is 22.7 Å². The number of hydrogen-bond donors (Lipinski definition) is 2. The third-order valence-electron chi connectivity index (χ3n) is 5.15. The molecule has 6 nitrogen and oxygen atoms in total. The van der Waals surface area contributed by atoms with Gasteiger partial charge in [0, 0.05) is 22.9 Å². The van der Waals surface area contributed by atoms with Gasteiger partial charge in [-0.1, -0.05) is 35.9 Å². The topological polar surface area (TPSA) is 88.2 Å². The highest BCUT2D eigenvalue weighted by atomic mass is 32.1. The van der Waals surface area contributed by atoms with Gasteiger partial charge in [0.05, 0.1) is 11.6 Å². The van der Waals surface area contributed by atoms with Gasteiger partial charge in [-0.15, -0.1) is 11.3 Å². The molecule has 0 saturated carbocycles. The maximum absolute atomic E-state index is 12.6. The Kier molecular flexibility index (Phi) is 5.46. The summed E-state index contributed by atoms with van der Waals surface area (Å²) in [6, 6.07) is 13.3. The first-order valence-corrected chi connectivity index (χ1v) is 10.5. The Bertz CT molecular complexity index is 1130. The average Bonchev–Trinajstić information content (AvgIpc) is 3.28. The molecule has 1 atom stereocenters. The van der Waals surface area contributed by atoms with Crippen molar-refractivity contribution in [2.45, 2.75) is 26.7 Å². The van der Waals surface area contributed by atoms with E-state index in [1.807, 2.05) is 36.6 Å². The van der Waals surface area contributed by atoms with Gasteiger partial charge in [-0.2, -0.15) is 0 Å². The fourth-order valence-corrected chi connectivity index (χ4v) is 4.28. The maximum Gasteiger partial charge on any atom is 0.257 e. The molecule has 0 spiro atoms. The normalized spacial score (nSPS) is 15.9. The lowest BCUT2D eigenvalue weighted by Crippen LogP contribution is -2.22.